The Labute approximate surface area is 122 Å². The van der Waals surface area contributed by atoms with Gasteiger partial charge in [-0.15, -0.1) is 0 Å². The summed E-state index contributed by atoms with van der Waals surface area (Å²) >= 11 is 3.00. The smallest absolute Gasteiger partial charge is 0.234 e. The van der Waals surface area contributed by atoms with Gasteiger partial charge in [-0.25, -0.2) is 12.8 Å². The van der Waals surface area contributed by atoms with Crippen LogP contribution in [0.5, 0.6) is 5.75 Å². The predicted molar refractivity (Wildman–Crippen MR) is 70.0 cm³/mol. The Hall–Kier alpha value is -0.440. The van der Waals surface area contributed by atoms with Crippen LogP contribution in [-0.4, -0.2) is 34.0 Å². The maximum Gasteiger partial charge on any atom is 0.234 e. The lowest BCUT2D eigenvalue weighted by Crippen LogP contribution is -2.12. The van der Waals surface area contributed by atoms with Gasteiger partial charge < -0.3 is 9.47 Å². The van der Waals surface area contributed by atoms with Crippen LogP contribution in [0.3, 0.4) is 0 Å². The van der Waals surface area contributed by atoms with Crippen LogP contribution in [0.25, 0.3) is 0 Å². The number of halogens is 4. The van der Waals surface area contributed by atoms with Crippen molar-refractivity contribution in [1.29, 1.82) is 0 Å². The minimum Gasteiger partial charge on any atom is -0.488 e. The van der Waals surface area contributed by atoms with Crippen molar-refractivity contribution in [3.05, 3.63) is 28.2 Å². The molecule has 108 valence electrons. The van der Waals surface area contributed by atoms with Crippen molar-refractivity contribution >= 4 is 35.7 Å². The van der Waals surface area contributed by atoms with Gasteiger partial charge in [0.2, 0.25) is 14.9 Å². The van der Waals surface area contributed by atoms with Crippen LogP contribution < -0.4 is 4.74 Å². The third kappa shape index (κ3) is 6.51. The van der Waals surface area contributed by atoms with E-state index in [1.54, 1.807) is 0 Å². The van der Waals surface area contributed by atoms with Gasteiger partial charge in [0.05, 0.1) is 19.0 Å². The van der Waals surface area contributed by atoms with Crippen LogP contribution >= 0.6 is 26.6 Å². The maximum absolute atomic E-state index is 13.3. The van der Waals surface area contributed by atoms with E-state index in [0.717, 1.165) is 6.07 Å². The Morgan fingerprint density at radius 1 is 1.21 bits per heavy atom. The third-order valence-corrected chi connectivity index (χ3v) is 3.49. The molecule has 0 unspecified atom stereocenters. The minimum absolute atomic E-state index is 0.0278. The molecule has 0 amide bonds. The minimum atomic E-state index is -3.59. The second kappa shape index (κ2) is 7.37. The number of hydrogen-bond donors (Lipinski definition) is 0. The summed E-state index contributed by atoms with van der Waals surface area (Å²) < 4.78 is 57.6. The van der Waals surface area contributed by atoms with Crippen LogP contribution in [0.2, 0.25) is 0 Å². The summed E-state index contributed by atoms with van der Waals surface area (Å²) in [5.74, 6) is -2.69. The molecule has 0 atom stereocenters. The summed E-state index contributed by atoms with van der Waals surface area (Å²) in [6.45, 7) is -0.111. The van der Waals surface area contributed by atoms with Crippen LogP contribution in [-0.2, 0) is 13.8 Å². The quantitative estimate of drug-likeness (QED) is 0.415. The van der Waals surface area contributed by atoms with E-state index in [1.807, 2.05) is 0 Å². The summed E-state index contributed by atoms with van der Waals surface area (Å²) in [7, 11) is 1.37. The highest BCUT2D eigenvalue weighted by Gasteiger charge is 2.11. The first-order valence-corrected chi connectivity index (χ1v) is 8.34. The van der Waals surface area contributed by atoms with Gasteiger partial charge in [-0.3, -0.25) is 0 Å². The normalized spacial score (nSPS) is 11.6. The standard InChI is InChI=1S/C10H10BrClF2O4S/c11-7-5-8(13)10(14)9(6-7)18-2-1-17-3-4-19(12,15)16/h5-6H,1-4H2. The lowest BCUT2D eigenvalue weighted by atomic mass is 10.3. The molecular weight excluding hydrogens is 370 g/mol. The molecule has 0 fully saturated rings. The highest BCUT2D eigenvalue weighted by atomic mass is 79.9. The first kappa shape index (κ1) is 16.6. The number of ether oxygens (including phenoxy) is 2. The first-order valence-electron chi connectivity index (χ1n) is 5.07. The Morgan fingerprint density at radius 2 is 1.89 bits per heavy atom. The highest BCUT2D eigenvalue weighted by molar-refractivity contribution is 9.10. The van der Waals surface area contributed by atoms with Crippen molar-refractivity contribution < 1.29 is 26.7 Å². The van der Waals surface area contributed by atoms with Crippen molar-refractivity contribution in [3.63, 3.8) is 0 Å². The monoisotopic (exact) mass is 378 g/mol. The van der Waals surface area contributed by atoms with E-state index >= 15 is 0 Å². The zero-order chi connectivity index (χ0) is 14.5. The molecule has 0 saturated carbocycles. The summed E-state index contributed by atoms with van der Waals surface area (Å²) in [5, 5.41) is 0. The van der Waals surface area contributed by atoms with Gasteiger partial charge in [0, 0.05) is 15.2 Å². The molecule has 0 heterocycles. The second-order valence-corrected chi connectivity index (χ2v) is 7.22. The molecule has 1 aromatic rings. The molecule has 0 radical (unpaired) electrons. The Bertz CT molecular complexity index is 539. The summed E-state index contributed by atoms with van der Waals surface area (Å²) in [5.41, 5.74) is 0. The van der Waals surface area contributed by atoms with Gasteiger partial charge >= 0.3 is 0 Å². The second-order valence-electron chi connectivity index (χ2n) is 3.40. The molecule has 1 rings (SSSR count). The zero-order valence-electron chi connectivity index (χ0n) is 9.54. The SMILES string of the molecule is O=S(=O)(Cl)CCOCCOc1cc(Br)cc(F)c1F. The fourth-order valence-corrected chi connectivity index (χ4v) is 2.02. The van der Waals surface area contributed by atoms with E-state index in [4.69, 9.17) is 20.2 Å². The predicted octanol–water partition coefficient (Wildman–Crippen LogP) is 2.69. The molecule has 0 aliphatic carbocycles. The van der Waals surface area contributed by atoms with E-state index in [1.165, 1.54) is 6.07 Å². The fourth-order valence-electron chi connectivity index (χ4n) is 1.11. The third-order valence-electron chi connectivity index (χ3n) is 1.92. The van der Waals surface area contributed by atoms with Gasteiger partial charge in [0.15, 0.2) is 11.6 Å². The lowest BCUT2D eigenvalue weighted by molar-refractivity contribution is 0.109. The van der Waals surface area contributed by atoms with Crippen LogP contribution in [0.4, 0.5) is 8.78 Å². The zero-order valence-corrected chi connectivity index (χ0v) is 12.7. The van der Waals surface area contributed by atoms with Crippen molar-refractivity contribution in [3.8, 4) is 5.75 Å². The number of rotatable bonds is 7. The highest BCUT2D eigenvalue weighted by Crippen LogP contribution is 2.25. The first-order chi connectivity index (χ1) is 8.79. The maximum atomic E-state index is 13.3. The summed E-state index contributed by atoms with van der Waals surface area (Å²) in [4.78, 5) is 0. The van der Waals surface area contributed by atoms with Gasteiger partial charge in [-0.1, -0.05) is 15.9 Å². The topological polar surface area (TPSA) is 52.6 Å². The molecule has 0 aliphatic heterocycles. The van der Waals surface area contributed by atoms with Crippen molar-refractivity contribution in [2.24, 2.45) is 0 Å². The molecule has 0 saturated heterocycles. The Kier molecular flexibility index (Phi) is 6.45. The fraction of sp³-hybridized carbons (Fsp3) is 0.400. The largest absolute Gasteiger partial charge is 0.488 e. The molecule has 9 heteroatoms. The molecule has 4 nitrogen and oxygen atoms in total. The molecule has 0 aromatic heterocycles. The summed E-state index contributed by atoms with van der Waals surface area (Å²) in [6, 6.07) is 2.26. The van der Waals surface area contributed by atoms with E-state index in [0.29, 0.717) is 4.47 Å². The molecular formula is C10H10BrClF2O4S. The Balaban J connectivity index is 2.34. The molecule has 19 heavy (non-hydrogen) atoms. The van der Waals surface area contributed by atoms with E-state index in [9.17, 15) is 17.2 Å². The van der Waals surface area contributed by atoms with Gasteiger partial charge in [0.1, 0.15) is 6.61 Å². The average Bonchev–Trinajstić information content (AvgIpc) is 2.28. The van der Waals surface area contributed by atoms with Crippen LogP contribution in [0.15, 0.2) is 16.6 Å². The van der Waals surface area contributed by atoms with Crippen molar-refractivity contribution in [2.45, 2.75) is 0 Å². The van der Waals surface area contributed by atoms with Gasteiger partial charge in [0.25, 0.3) is 0 Å². The molecule has 0 N–H and O–H groups in total. The number of hydrogen-bond acceptors (Lipinski definition) is 4. The Morgan fingerprint density at radius 3 is 2.53 bits per heavy atom. The number of benzene rings is 1. The molecule has 0 aliphatic rings. The van der Waals surface area contributed by atoms with E-state index < -0.39 is 20.7 Å². The van der Waals surface area contributed by atoms with E-state index in [-0.39, 0.29) is 31.3 Å². The van der Waals surface area contributed by atoms with Gasteiger partial charge in [-0.2, -0.15) is 4.39 Å². The molecule has 1 aromatic carbocycles. The average molecular weight is 380 g/mol. The van der Waals surface area contributed by atoms with Crippen LogP contribution in [0.1, 0.15) is 0 Å². The van der Waals surface area contributed by atoms with Crippen molar-refractivity contribution in [1.82, 2.24) is 0 Å². The molecule has 0 bridgehead atoms. The van der Waals surface area contributed by atoms with Crippen molar-refractivity contribution in [2.75, 3.05) is 25.6 Å². The lowest BCUT2D eigenvalue weighted by Gasteiger charge is -2.08. The summed E-state index contributed by atoms with van der Waals surface area (Å²) in [6.07, 6.45) is 0. The van der Waals surface area contributed by atoms with Gasteiger partial charge in [-0.05, 0) is 12.1 Å². The van der Waals surface area contributed by atoms with Crippen LogP contribution in [0, 0.1) is 11.6 Å². The van der Waals surface area contributed by atoms with E-state index in [2.05, 4.69) is 15.9 Å². The molecule has 0 spiro atoms.